The molecule has 0 aliphatic heterocycles. The molecule has 0 saturated heterocycles. The summed E-state index contributed by atoms with van der Waals surface area (Å²) in [6.07, 6.45) is 0. The van der Waals surface area contributed by atoms with E-state index >= 15 is 0 Å². The molecule has 4 heavy (non-hydrogen) atoms. The van der Waals surface area contributed by atoms with E-state index in [0.717, 1.165) is 0 Å². The van der Waals surface area contributed by atoms with Crippen LogP contribution in [-0.4, -0.2) is 224 Å². The zero-order valence-corrected chi connectivity index (χ0v) is 0. The molecular formula is H5CsKRbSr. The van der Waals surface area contributed by atoms with Crippen LogP contribution in [0.1, 0.15) is 0 Å². The molecule has 0 aromatic heterocycles. The second-order valence-corrected chi connectivity index (χ2v) is 0. The Morgan fingerprint density at radius 2 is 1.00 bits per heavy atom. The van der Waals surface area contributed by atoms with Crippen molar-refractivity contribution in [2.45, 2.75) is 0 Å². The van der Waals surface area contributed by atoms with Crippen LogP contribution >= 0.6 is 0 Å². The molecule has 0 unspecified atom stereocenters. The molecular weight excluding hydrogens is 345 g/mol. The van der Waals surface area contributed by atoms with Crippen molar-refractivity contribution in [2.75, 3.05) is 0 Å². The molecule has 0 spiro atoms. The van der Waals surface area contributed by atoms with E-state index in [-0.39, 0.29) is 224 Å². The molecule has 0 aliphatic carbocycles. The van der Waals surface area contributed by atoms with E-state index in [4.69, 9.17) is 0 Å². The van der Waals surface area contributed by atoms with Gasteiger partial charge in [-0.1, -0.05) is 0 Å². The molecule has 0 amide bonds. The normalized spacial score (nSPS) is 0. The third-order valence-electron chi connectivity index (χ3n) is 0. The first-order chi connectivity index (χ1) is 0. The summed E-state index contributed by atoms with van der Waals surface area (Å²) in [7, 11) is 0. The van der Waals surface area contributed by atoms with Crippen LogP contribution in [0.5, 0.6) is 0 Å². The van der Waals surface area contributed by atoms with Gasteiger partial charge in [0.05, 0.1) is 0 Å². The zero-order valence-electron chi connectivity index (χ0n) is 0. The number of hydrogen-bond donors (Lipinski definition) is 0. The Morgan fingerprint density at radius 1 is 1.00 bits per heavy atom. The number of rotatable bonds is 0. The second-order valence-electron chi connectivity index (χ2n) is 0. The van der Waals surface area contributed by atoms with E-state index in [1.54, 1.807) is 0 Å². The van der Waals surface area contributed by atoms with Crippen molar-refractivity contribution in [3.8, 4) is 0 Å². The van der Waals surface area contributed by atoms with Gasteiger partial charge in [-0.3, -0.25) is 0 Å². The maximum absolute atomic E-state index is 0. The fraction of sp³-hybridized carbons (Fsp3) is 0. The molecule has 0 aromatic rings. The molecule has 0 aliphatic rings. The van der Waals surface area contributed by atoms with E-state index in [1.165, 1.54) is 0 Å². The summed E-state index contributed by atoms with van der Waals surface area (Å²) in [5.41, 5.74) is 0. The van der Waals surface area contributed by atoms with Crippen LogP contribution in [0.15, 0.2) is 0 Å². The molecule has 0 nitrogen and oxygen atoms in total. The summed E-state index contributed by atoms with van der Waals surface area (Å²) in [4.78, 5) is 0. The molecule has 0 N–H and O–H groups in total. The Bertz CT molecular complexity index is 8.00. The first kappa shape index (κ1) is 22.4. The molecule has 0 saturated carbocycles. The fourth-order valence-corrected chi connectivity index (χ4v) is 0. The molecule has 10 valence electrons. The summed E-state index contributed by atoms with van der Waals surface area (Å²) in [6.45, 7) is 0. The topological polar surface area (TPSA) is 0 Å². The predicted molar refractivity (Wildman–Crippen MR) is 30.0 cm³/mol. The maximum atomic E-state index is 0. The molecule has 0 radical (unpaired) electrons. The SMILES string of the molecule is [CsH].[KH].[RbH].[SrH2]. The molecule has 0 aromatic carbocycles. The zero-order chi connectivity index (χ0) is 0. The van der Waals surface area contributed by atoms with Crippen molar-refractivity contribution < 1.29 is 0 Å². The van der Waals surface area contributed by atoms with E-state index in [2.05, 4.69) is 0 Å². The minimum absolute atomic E-state index is 0. The Hall–Kier alpha value is 6.97. The van der Waals surface area contributed by atoms with Gasteiger partial charge in [0, 0.05) is 0 Å². The molecule has 0 atom stereocenters. The van der Waals surface area contributed by atoms with Crippen LogP contribution in [-0.2, 0) is 0 Å². The van der Waals surface area contributed by atoms with E-state index in [0.29, 0.717) is 0 Å². The van der Waals surface area contributed by atoms with E-state index in [1.807, 2.05) is 0 Å². The first-order valence-electron chi connectivity index (χ1n) is 0. The van der Waals surface area contributed by atoms with Crippen molar-refractivity contribution in [3.05, 3.63) is 0 Å². The monoisotopic (exact) mass is 350 g/mol. The summed E-state index contributed by atoms with van der Waals surface area (Å²) < 4.78 is 0. The average molecular weight is 350 g/mol. The van der Waals surface area contributed by atoms with Gasteiger partial charge in [0.1, 0.15) is 0 Å². The molecule has 4 heteroatoms. The van der Waals surface area contributed by atoms with Gasteiger partial charge >= 0.3 is 224 Å². The summed E-state index contributed by atoms with van der Waals surface area (Å²) in [5, 5.41) is 0. The fourth-order valence-electron chi connectivity index (χ4n) is 0. The van der Waals surface area contributed by atoms with Crippen LogP contribution in [0.3, 0.4) is 0 Å². The summed E-state index contributed by atoms with van der Waals surface area (Å²) >= 11 is 0. The van der Waals surface area contributed by atoms with Crippen molar-refractivity contribution in [3.63, 3.8) is 0 Å². The van der Waals surface area contributed by atoms with Crippen molar-refractivity contribution >= 4 is 224 Å². The average Bonchev–Trinajstić information content (AvgIpc) is 0. The predicted octanol–water partition coefficient (Wildman–Crippen LogP) is -2.86. The molecule has 0 bridgehead atoms. The van der Waals surface area contributed by atoms with Crippen LogP contribution in [0, 0.1) is 0 Å². The molecule has 0 heterocycles. The van der Waals surface area contributed by atoms with Crippen LogP contribution in [0.2, 0.25) is 0 Å². The van der Waals surface area contributed by atoms with Gasteiger partial charge in [-0.25, -0.2) is 0 Å². The van der Waals surface area contributed by atoms with Gasteiger partial charge in [0.2, 0.25) is 0 Å². The van der Waals surface area contributed by atoms with E-state index < -0.39 is 0 Å². The third kappa shape index (κ3) is 11.7. The van der Waals surface area contributed by atoms with Gasteiger partial charge in [-0.15, -0.1) is 0 Å². The number of hydrogen-bond acceptors (Lipinski definition) is 0. The van der Waals surface area contributed by atoms with Gasteiger partial charge in [-0.05, 0) is 0 Å². The minimum atomic E-state index is 0. The Morgan fingerprint density at radius 3 is 1.00 bits per heavy atom. The Kier molecular flexibility index (Phi) is 92.7. The summed E-state index contributed by atoms with van der Waals surface area (Å²) in [6, 6.07) is 0. The van der Waals surface area contributed by atoms with Gasteiger partial charge in [-0.2, -0.15) is 0 Å². The van der Waals surface area contributed by atoms with Crippen molar-refractivity contribution in [1.29, 1.82) is 0 Å². The van der Waals surface area contributed by atoms with Gasteiger partial charge < -0.3 is 0 Å². The van der Waals surface area contributed by atoms with Gasteiger partial charge in [0.15, 0.2) is 0 Å². The van der Waals surface area contributed by atoms with E-state index in [9.17, 15) is 0 Å². The van der Waals surface area contributed by atoms with Crippen LogP contribution in [0.25, 0.3) is 0 Å². The van der Waals surface area contributed by atoms with Crippen LogP contribution < -0.4 is 0 Å². The molecule has 0 fully saturated rings. The second kappa shape index (κ2) is 16.5. The van der Waals surface area contributed by atoms with Gasteiger partial charge in [0.25, 0.3) is 0 Å². The standard InChI is InChI=1S/Cs.K.Rb.Sr.5H. The quantitative estimate of drug-likeness (QED) is 0.413. The van der Waals surface area contributed by atoms with Crippen LogP contribution in [0.4, 0.5) is 0 Å². The Balaban J connectivity index is 0. The molecule has 0 rings (SSSR count). The van der Waals surface area contributed by atoms with Crippen molar-refractivity contribution in [2.24, 2.45) is 0 Å². The van der Waals surface area contributed by atoms with Crippen molar-refractivity contribution in [1.82, 2.24) is 0 Å². The summed E-state index contributed by atoms with van der Waals surface area (Å²) in [5.74, 6) is 0. The first-order valence-corrected chi connectivity index (χ1v) is 0. The third-order valence-corrected chi connectivity index (χ3v) is 0. The Labute approximate surface area is 214 Å².